The molecule has 0 amide bonds. The van der Waals surface area contributed by atoms with E-state index in [1.807, 2.05) is 49.4 Å². The first-order valence-electron chi connectivity index (χ1n) is 9.77. The number of benzene rings is 3. The third-order valence-corrected chi connectivity index (χ3v) is 4.90. The largest absolute Gasteiger partial charge is 0.488 e. The molecule has 0 N–H and O–H groups in total. The van der Waals surface area contributed by atoms with Gasteiger partial charge in [0.05, 0.1) is 17.1 Å². The van der Waals surface area contributed by atoms with Gasteiger partial charge in [-0.1, -0.05) is 53.2 Å². The summed E-state index contributed by atoms with van der Waals surface area (Å²) >= 11 is 0. The highest BCUT2D eigenvalue weighted by Gasteiger charge is 2.14. The second kappa shape index (κ2) is 8.74. The zero-order valence-corrected chi connectivity index (χ0v) is 16.8. The number of nitrogens with zero attached hydrogens (tertiary/aromatic N) is 2. The van der Waals surface area contributed by atoms with Gasteiger partial charge in [0.25, 0.3) is 0 Å². The quantitative estimate of drug-likeness (QED) is 0.391. The molecule has 1 heterocycles. The molecule has 4 heteroatoms. The Morgan fingerprint density at radius 2 is 1.69 bits per heavy atom. The van der Waals surface area contributed by atoms with Crippen LogP contribution >= 0.6 is 0 Å². The van der Waals surface area contributed by atoms with E-state index in [4.69, 9.17) is 9.57 Å². The molecule has 4 rings (SSSR count). The maximum absolute atomic E-state index is 5.90. The first kappa shape index (κ1) is 18.9. The van der Waals surface area contributed by atoms with E-state index in [2.05, 4.69) is 47.4 Å². The Hall–Kier alpha value is -3.40. The van der Waals surface area contributed by atoms with Gasteiger partial charge in [-0.2, -0.15) is 0 Å². The number of oxime groups is 1. The SMILES string of the molecule is C/C(=N\OCc1ccc(C)cc1)c1ccc(OCC2=Nc3ccccc3C2)cc1. The van der Waals surface area contributed by atoms with Crippen LogP contribution in [0.1, 0.15) is 29.2 Å². The topological polar surface area (TPSA) is 43.2 Å². The summed E-state index contributed by atoms with van der Waals surface area (Å²) in [6, 6.07) is 24.4. The van der Waals surface area contributed by atoms with Crippen LogP contribution in [-0.2, 0) is 17.9 Å². The minimum atomic E-state index is 0.462. The summed E-state index contributed by atoms with van der Waals surface area (Å²) in [5.41, 5.74) is 7.55. The van der Waals surface area contributed by atoms with Crippen LogP contribution in [0.15, 0.2) is 82.9 Å². The molecule has 29 heavy (non-hydrogen) atoms. The highest BCUT2D eigenvalue weighted by Crippen LogP contribution is 2.26. The van der Waals surface area contributed by atoms with Crippen LogP contribution < -0.4 is 4.74 Å². The van der Waals surface area contributed by atoms with Crippen molar-refractivity contribution in [2.45, 2.75) is 26.9 Å². The van der Waals surface area contributed by atoms with E-state index < -0.39 is 0 Å². The van der Waals surface area contributed by atoms with Gasteiger partial charge >= 0.3 is 0 Å². The van der Waals surface area contributed by atoms with Crippen LogP contribution in [0.4, 0.5) is 5.69 Å². The van der Waals surface area contributed by atoms with Gasteiger partial charge in [-0.15, -0.1) is 0 Å². The minimum Gasteiger partial charge on any atom is -0.488 e. The maximum Gasteiger partial charge on any atom is 0.142 e. The van der Waals surface area contributed by atoms with Crippen LogP contribution in [0, 0.1) is 6.92 Å². The fourth-order valence-corrected chi connectivity index (χ4v) is 3.18. The third-order valence-electron chi connectivity index (χ3n) is 4.90. The predicted octanol–water partition coefficient (Wildman–Crippen LogP) is 5.64. The lowest BCUT2D eigenvalue weighted by Crippen LogP contribution is -2.11. The molecule has 0 atom stereocenters. The zero-order chi connectivity index (χ0) is 20.1. The van der Waals surface area contributed by atoms with Gasteiger partial charge in [-0.3, -0.25) is 4.99 Å². The molecule has 3 aromatic rings. The summed E-state index contributed by atoms with van der Waals surface area (Å²) < 4.78 is 5.90. The third kappa shape index (κ3) is 4.91. The van der Waals surface area contributed by atoms with Crippen LogP contribution in [0.3, 0.4) is 0 Å². The molecule has 1 aliphatic rings. The summed E-state index contributed by atoms with van der Waals surface area (Å²) in [5, 5.41) is 4.23. The fourth-order valence-electron chi connectivity index (χ4n) is 3.18. The van der Waals surface area contributed by atoms with Gasteiger partial charge in [0, 0.05) is 6.42 Å². The Labute approximate surface area is 171 Å². The molecule has 3 aromatic carbocycles. The van der Waals surface area contributed by atoms with Crippen molar-refractivity contribution in [3.05, 3.63) is 95.1 Å². The lowest BCUT2D eigenvalue weighted by atomic mass is 10.1. The predicted molar refractivity (Wildman–Crippen MR) is 117 cm³/mol. The number of hydrogen-bond donors (Lipinski definition) is 0. The van der Waals surface area contributed by atoms with Crippen molar-refractivity contribution in [2.75, 3.05) is 6.61 Å². The first-order valence-corrected chi connectivity index (χ1v) is 9.77. The van der Waals surface area contributed by atoms with Gasteiger partial charge < -0.3 is 9.57 Å². The molecule has 0 aromatic heterocycles. The van der Waals surface area contributed by atoms with Gasteiger partial charge in [0.2, 0.25) is 0 Å². The van der Waals surface area contributed by atoms with Crippen molar-refractivity contribution in [3.8, 4) is 5.75 Å². The van der Waals surface area contributed by atoms with Gasteiger partial charge in [0.1, 0.15) is 19.0 Å². The number of ether oxygens (including phenoxy) is 1. The lowest BCUT2D eigenvalue weighted by Gasteiger charge is -2.07. The average molecular weight is 384 g/mol. The standard InChI is InChI=1S/C25H24N2O2/c1-18-7-9-20(10-8-18)16-29-27-19(2)21-11-13-24(14-12-21)28-17-23-15-22-5-3-4-6-25(22)26-23/h3-14H,15-17H2,1-2H3/b27-19+. The smallest absolute Gasteiger partial charge is 0.142 e. The zero-order valence-electron chi connectivity index (χ0n) is 16.8. The molecule has 146 valence electrons. The number of rotatable bonds is 7. The molecule has 0 fully saturated rings. The number of aliphatic imine (C=N–C) groups is 1. The van der Waals surface area contributed by atoms with E-state index in [1.165, 1.54) is 11.1 Å². The van der Waals surface area contributed by atoms with E-state index in [9.17, 15) is 0 Å². The monoisotopic (exact) mass is 384 g/mol. The molecular weight excluding hydrogens is 360 g/mol. The molecule has 1 aliphatic heterocycles. The second-order valence-corrected chi connectivity index (χ2v) is 7.23. The first-order chi connectivity index (χ1) is 14.2. The molecule has 0 saturated heterocycles. The molecule has 0 radical (unpaired) electrons. The Balaban J connectivity index is 1.29. The second-order valence-electron chi connectivity index (χ2n) is 7.23. The van der Waals surface area contributed by atoms with Crippen LogP contribution in [0.25, 0.3) is 0 Å². The lowest BCUT2D eigenvalue weighted by molar-refractivity contribution is 0.130. The van der Waals surface area contributed by atoms with E-state index in [0.29, 0.717) is 13.2 Å². The molecule has 0 unspecified atom stereocenters. The molecule has 4 nitrogen and oxygen atoms in total. The van der Waals surface area contributed by atoms with Crippen molar-refractivity contribution in [2.24, 2.45) is 10.1 Å². The Morgan fingerprint density at radius 3 is 2.45 bits per heavy atom. The molecular formula is C25H24N2O2. The number of para-hydroxylation sites is 1. The molecule has 0 spiro atoms. The van der Waals surface area contributed by atoms with E-state index in [-0.39, 0.29) is 0 Å². The van der Waals surface area contributed by atoms with E-state index in [1.54, 1.807) is 0 Å². The van der Waals surface area contributed by atoms with Crippen molar-refractivity contribution in [3.63, 3.8) is 0 Å². The van der Waals surface area contributed by atoms with Crippen molar-refractivity contribution >= 4 is 17.1 Å². The van der Waals surface area contributed by atoms with Gasteiger partial charge in [-0.25, -0.2) is 0 Å². The highest BCUT2D eigenvalue weighted by molar-refractivity contribution is 5.98. The van der Waals surface area contributed by atoms with E-state index in [0.717, 1.165) is 40.4 Å². The minimum absolute atomic E-state index is 0.462. The van der Waals surface area contributed by atoms with Gasteiger partial charge in [0.15, 0.2) is 0 Å². The normalized spacial score (nSPS) is 13.0. The summed E-state index contributed by atoms with van der Waals surface area (Å²) in [4.78, 5) is 10.1. The summed E-state index contributed by atoms with van der Waals surface area (Å²) in [5.74, 6) is 0.820. The van der Waals surface area contributed by atoms with E-state index >= 15 is 0 Å². The molecule has 0 bridgehead atoms. The van der Waals surface area contributed by atoms with Crippen molar-refractivity contribution in [1.29, 1.82) is 0 Å². The fraction of sp³-hybridized carbons (Fsp3) is 0.200. The van der Waals surface area contributed by atoms with Crippen LogP contribution in [-0.4, -0.2) is 18.0 Å². The summed E-state index contributed by atoms with van der Waals surface area (Å²) in [6.07, 6.45) is 0.859. The highest BCUT2D eigenvalue weighted by atomic mass is 16.6. The summed E-state index contributed by atoms with van der Waals surface area (Å²) in [7, 11) is 0. The Morgan fingerprint density at radius 1 is 0.931 bits per heavy atom. The van der Waals surface area contributed by atoms with Gasteiger partial charge in [-0.05, 0) is 60.9 Å². The number of aryl methyl sites for hydroxylation is 1. The van der Waals surface area contributed by atoms with Crippen molar-refractivity contribution in [1.82, 2.24) is 0 Å². The van der Waals surface area contributed by atoms with Crippen LogP contribution in [0.2, 0.25) is 0 Å². The number of fused-ring (bicyclic) bond motifs is 1. The Kier molecular flexibility index (Phi) is 5.71. The maximum atomic E-state index is 5.90. The molecule has 0 aliphatic carbocycles. The molecule has 0 saturated carbocycles. The summed E-state index contributed by atoms with van der Waals surface area (Å²) in [6.45, 7) is 4.97. The Bertz CT molecular complexity index is 1040. The average Bonchev–Trinajstić information content (AvgIpc) is 3.17. The number of hydrogen-bond acceptors (Lipinski definition) is 4. The van der Waals surface area contributed by atoms with Crippen molar-refractivity contribution < 1.29 is 9.57 Å². The van der Waals surface area contributed by atoms with Crippen LogP contribution in [0.5, 0.6) is 5.75 Å².